The fourth-order valence-electron chi connectivity index (χ4n) is 0.699. The zero-order valence-electron chi connectivity index (χ0n) is 5.76. The van der Waals surface area contributed by atoms with Crippen LogP contribution in [0.25, 0.3) is 0 Å². The summed E-state index contributed by atoms with van der Waals surface area (Å²) in [4.78, 5) is 0. The lowest BCUT2D eigenvalue weighted by Gasteiger charge is -1.96. The van der Waals surface area contributed by atoms with E-state index in [1.807, 2.05) is 0 Å². The van der Waals surface area contributed by atoms with E-state index >= 15 is 0 Å². The Bertz CT molecular complexity index is 325. The van der Waals surface area contributed by atoms with Gasteiger partial charge in [-0.2, -0.15) is 0 Å². The molecule has 0 saturated carbocycles. The van der Waals surface area contributed by atoms with Crippen LogP contribution in [-0.2, 0) is 0 Å². The molecule has 1 N–H and O–H groups in total. The molecule has 0 aliphatic heterocycles. The van der Waals surface area contributed by atoms with E-state index in [9.17, 15) is 13.2 Å². The van der Waals surface area contributed by atoms with Crippen molar-refractivity contribution in [3.63, 3.8) is 0 Å². The first kappa shape index (κ1) is 8.58. The average Bonchev–Trinajstić information content (AvgIpc) is 2.01. The molecule has 0 saturated heterocycles. The number of benzene rings is 1. The van der Waals surface area contributed by atoms with Gasteiger partial charge in [0.1, 0.15) is 5.82 Å². The molecule has 0 bridgehead atoms. The Morgan fingerprint density at radius 1 is 1.08 bits per heavy atom. The molecule has 12 heavy (non-hydrogen) atoms. The molecule has 2 nitrogen and oxygen atoms in total. The van der Waals surface area contributed by atoms with Crippen molar-refractivity contribution < 1.29 is 18.4 Å². The molecule has 1 rings (SSSR count). The summed E-state index contributed by atoms with van der Waals surface area (Å²) in [6.45, 7) is 0. The van der Waals surface area contributed by atoms with Crippen LogP contribution in [0.15, 0.2) is 17.3 Å². The highest BCUT2D eigenvalue weighted by molar-refractivity contribution is 5.79. The number of oxime groups is 1. The van der Waals surface area contributed by atoms with Crippen molar-refractivity contribution in [2.45, 2.75) is 0 Å². The minimum Gasteiger partial charge on any atom is -0.411 e. The fourth-order valence-corrected chi connectivity index (χ4v) is 0.699. The number of rotatable bonds is 1. The quantitative estimate of drug-likeness (QED) is 0.300. The van der Waals surface area contributed by atoms with Crippen LogP contribution in [-0.4, -0.2) is 11.4 Å². The number of nitrogens with zero attached hydrogens (tertiary/aromatic N) is 1. The molecule has 0 aliphatic carbocycles. The van der Waals surface area contributed by atoms with Gasteiger partial charge in [-0.05, 0) is 6.07 Å². The van der Waals surface area contributed by atoms with Crippen molar-refractivity contribution in [3.05, 3.63) is 35.1 Å². The molecule has 0 spiro atoms. The summed E-state index contributed by atoms with van der Waals surface area (Å²) >= 11 is 0. The van der Waals surface area contributed by atoms with Gasteiger partial charge in [0.05, 0.1) is 6.21 Å². The predicted molar refractivity (Wildman–Crippen MR) is 35.7 cm³/mol. The van der Waals surface area contributed by atoms with Crippen LogP contribution in [0, 0.1) is 17.5 Å². The maximum Gasteiger partial charge on any atom is 0.161 e. The Balaban J connectivity index is 3.23. The molecule has 1 aromatic rings. The van der Waals surface area contributed by atoms with Crippen LogP contribution in [0.2, 0.25) is 0 Å². The summed E-state index contributed by atoms with van der Waals surface area (Å²) in [6.07, 6.45) is 0.678. The van der Waals surface area contributed by atoms with E-state index in [0.29, 0.717) is 18.3 Å². The molecule has 0 aliphatic rings. The van der Waals surface area contributed by atoms with Gasteiger partial charge < -0.3 is 5.21 Å². The second-order valence-electron chi connectivity index (χ2n) is 2.03. The average molecular weight is 175 g/mol. The molecule has 0 radical (unpaired) electrons. The lowest BCUT2D eigenvalue weighted by atomic mass is 10.2. The van der Waals surface area contributed by atoms with E-state index in [1.54, 1.807) is 0 Å². The molecule has 0 heterocycles. The summed E-state index contributed by atoms with van der Waals surface area (Å²) in [7, 11) is 0. The summed E-state index contributed by atoms with van der Waals surface area (Å²) in [6, 6.07) is 0.983. The van der Waals surface area contributed by atoms with Crippen molar-refractivity contribution in [2.75, 3.05) is 0 Å². The minimum atomic E-state index is -1.28. The lowest BCUT2D eigenvalue weighted by Crippen LogP contribution is -1.93. The van der Waals surface area contributed by atoms with Crippen molar-refractivity contribution in [3.8, 4) is 0 Å². The zero-order chi connectivity index (χ0) is 9.14. The van der Waals surface area contributed by atoms with Gasteiger partial charge in [0.2, 0.25) is 0 Å². The minimum absolute atomic E-state index is 0.309. The van der Waals surface area contributed by atoms with Crippen LogP contribution >= 0.6 is 0 Å². The summed E-state index contributed by atoms with van der Waals surface area (Å²) in [5.74, 6) is -3.44. The highest BCUT2D eigenvalue weighted by Gasteiger charge is 2.07. The Morgan fingerprint density at radius 3 is 2.25 bits per heavy atom. The first-order valence-electron chi connectivity index (χ1n) is 2.97. The van der Waals surface area contributed by atoms with Crippen molar-refractivity contribution in [1.29, 1.82) is 0 Å². The van der Waals surface area contributed by atoms with Gasteiger partial charge in [-0.15, -0.1) is 0 Å². The third kappa shape index (κ3) is 1.55. The molecule has 0 fully saturated rings. The van der Waals surface area contributed by atoms with Crippen molar-refractivity contribution in [2.24, 2.45) is 5.16 Å². The van der Waals surface area contributed by atoms with Gasteiger partial charge in [0.15, 0.2) is 11.6 Å². The zero-order valence-corrected chi connectivity index (χ0v) is 5.76. The number of hydrogen-bond acceptors (Lipinski definition) is 2. The Hall–Kier alpha value is -1.52. The predicted octanol–water partition coefficient (Wildman–Crippen LogP) is 1.91. The van der Waals surface area contributed by atoms with Crippen LogP contribution in [0.1, 0.15) is 5.56 Å². The topological polar surface area (TPSA) is 32.6 Å². The third-order valence-electron chi connectivity index (χ3n) is 1.24. The monoisotopic (exact) mass is 175 g/mol. The van der Waals surface area contributed by atoms with Crippen molar-refractivity contribution in [1.82, 2.24) is 0 Å². The van der Waals surface area contributed by atoms with Gasteiger partial charge in [0.25, 0.3) is 0 Å². The highest BCUT2D eigenvalue weighted by atomic mass is 19.2. The van der Waals surface area contributed by atoms with E-state index in [0.717, 1.165) is 0 Å². The first-order chi connectivity index (χ1) is 5.65. The van der Waals surface area contributed by atoms with E-state index in [4.69, 9.17) is 5.21 Å². The number of halogens is 3. The normalized spacial score (nSPS) is 10.9. The van der Waals surface area contributed by atoms with Crippen molar-refractivity contribution >= 4 is 6.21 Å². The second-order valence-corrected chi connectivity index (χ2v) is 2.03. The summed E-state index contributed by atoms with van der Waals surface area (Å²) < 4.78 is 37.3. The summed E-state index contributed by atoms with van der Waals surface area (Å²) in [5.41, 5.74) is -0.309. The molecule has 0 atom stereocenters. The Morgan fingerprint density at radius 2 is 1.67 bits per heavy atom. The van der Waals surface area contributed by atoms with E-state index in [-0.39, 0.29) is 5.56 Å². The highest BCUT2D eigenvalue weighted by Crippen LogP contribution is 2.11. The Kier molecular flexibility index (Phi) is 2.32. The van der Waals surface area contributed by atoms with Crippen LogP contribution < -0.4 is 0 Å². The van der Waals surface area contributed by atoms with Crippen LogP contribution in [0.5, 0.6) is 0 Å². The molecular formula is C7H4F3NO. The maximum absolute atomic E-state index is 12.6. The Labute approximate surface area is 65.9 Å². The standard InChI is InChI=1S/C7H4F3NO/c8-5-2-7(10)6(9)1-4(5)3-11-12/h1-3,12H. The summed E-state index contributed by atoms with van der Waals surface area (Å²) in [5, 5.41) is 10.5. The second kappa shape index (κ2) is 3.25. The SMILES string of the molecule is ON=Cc1cc(F)c(F)cc1F. The van der Waals surface area contributed by atoms with Gasteiger partial charge in [-0.1, -0.05) is 5.16 Å². The molecule has 0 amide bonds. The van der Waals surface area contributed by atoms with Gasteiger partial charge in [-0.25, -0.2) is 13.2 Å². The molecule has 5 heteroatoms. The first-order valence-corrected chi connectivity index (χ1v) is 2.97. The van der Waals surface area contributed by atoms with Crippen LogP contribution in [0.3, 0.4) is 0 Å². The number of hydrogen-bond donors (Lipinski definition) is 1. The molecular weight excluding hydrogens is 171 g/mol. The largest absolute Gasteiger partial charge is 0.411 e. The molecule has 64 valence electrons. The molecule has 0 aromatic heterocycles. The van der Waals surface area contributed by atoms with Gasteiger partial charge in [0, 0.05) is 11.6 Å². The maximum atomic E-state index is 12.6. The fraction of sp³-hybridized carbons (Fsp3) is 0. The molecule has 0 unspecified atom stereocenters. The van der Waals surface area contributed by atoms with E-state index in [2.05, 4.69) is 5.16 Å². The lowest BCUT2D eigenvalue weighted by molar-refractivity contribution is 0.321. The smallest absolute Gasteiger partial charge is 0.161 e. The van der Waals surface area contributed by atoms with Gasteiger partial charge in [-0.3, -0.25) is 0 Å². The third-order valence-corrected chi connectivity index (χ3v) is 1.24. The molecule has 1 aromatic carbocycles. The van der Waals surface area contributed by atoms with E-state index in [1.165, 1.54) is 0 Å². The van der Waals surface area contributed by atoms with Gasteiger partial charge >= 0.3 is 0 Å². The van der Waals surface area contributed by atoms with E-state index < -0.39 is 17.5 Å². The van der Waals surface area contributed by atoms with Crippen LogP contribution in [0.4, 0.5) is 13.2 Å².